The van der Waals surface area contributed by atoms with Crippen molar-refractivity contribution in [2.45, 2.75) is 31.9 Å². The number of halogens is 1. The minimum absolute atomic E-state index is 0.359. The topological polar surface area (TPSA) is 21.3 Å². The van der Waals surface area contributed by atoms with Crippen LogP contribution in [0.25, 0.3) is 0 Å². The first-order valence-corrected chi connectivity index (χ1v) is 6.60. The van der Waals surface area contributed by atoms with Gasteiger partial charge in [-0.1, -0.05) is 11.6 Å². The van der Waals surface area contributed by atoms with Crippen LogP contribution in [0.5, 0.6) is 0 Å². The van der Waals surface area contributed by atoms with Gasteiger partial charge in [-0.3, -0.25) is 0 Å². The standard InChI is InChI=1S/C11H16ClNOS/c1-8(9-5-11(12)15-7-9)13-6-10-3-2-4-14-10/h5,7-8,10,13H,2-4,6H2,1H3. The minimum Gasteiger partial charge on any atom is -0.377 e. The zero-order chi connectivity index (χ0) is 10.7. The monoisotopic (exact) mass is 245 g/mol. The van der Waals surface area contributed by atoms with Gasteiger partial charge in [-0.15, -0.1) is 11.3 Å². The third-order valence-corrected chi connectivity index (χ3v) is 3.87. The fourth-order valence-electron chi connectivity index (χ4n) is 1.78. The summed E-state index contributed by atoms with van der Waals surface area (Å²) in [6.45, 7) is 4.02. The second kappa shape index (κ2) is 5.30. The highest BCUT2D eigenvalue weighted by atomic mass is 35.5. The van der Waals surface area contributed by atoms with Gasteiger partial charge in [0, 0.05) is 19.2 Å². The fraction of sp³-hybridized carbons (Fsp3) is 0.636. The first kappa shape index (κ1) is 11.4. The van der Waals surface area contributed by atoms with Crippen LogP contribution in [0.15, 0.2) is 11.4 Å². The van der Waals surface area contributed by atoms with Crippen molar-refractivity contribution in [3.05, 3.63) is 21.3 Å². The SMILES string of the molecule is CC(NCC1CCCO1)c1csc(Cl)c1. The molecule has 15 heavy (non-hydrogen) atoms. The molecule has 0 bridgehead atoms. The lowest BCUT2D eigenvalue weighted by Gasteiger charge is -2.15. The molecule has 2 atom stereocenters. The summed E-state index contributed by atoms with van der Waals surface area (Å²) in [7, 11) is 0. The van der Waals surface area contributed by atoms with Crippen LogP contribution in [-0.2, 0) is 4.74 Å². The van der Waals surface area contributed by atoms with Crippen LogP contribution in [0.2, 0.25) is 4.34 Å². The number of thiophene rings is 1. The number of hydrogen-bond donors (Lipinski definition) is 1. The van der Waals surface area contributed by atoms with E-state index in [0.717, 1.165) is 17.5 Å². The lowest BCUT2D eigenvalue weighted by molar-refractivity contribution is 0.108. The Kier molecular flexibility index (Phi) is 4.03. The Bertz CT molecular complexity index is 309. The molecule has 1 aromatic rings. The van der Waals surface area contributed by atoms with Crippen LogP contribution in [0.3, 0.4) is 0 Å². The van der Waals surface area contributed by atoms with E-state index < -0.39 is 0 Å². The van der Waals surface area contributed by atoms with Crippen LogP contribution in [0.1, 0.15) is 31.4 Å². The molecule has 2 unspecified atom stereocenters. The van der Waals surface area contributed by atoms with Crippen LogP contribution in [-0.4, -0.2) is 19.3 Å². The van der Waals surface area contributed by atoms with E-state index in [1.165, 1.54) is 18.4 Å². The Labute approximate surface area is 99.6 Å². The molecule has 1 saturated heterocycles. The van der Waals surface area contributed by atoms with Crippen molar-refractivity contribution in [1.29, 1.82) is 0 Å². The molecule has 1 N–H and O–H groups in total. The molecule has 1 aliphatic rings. The summed E-state index contributed by atoms with van der Waals surface area (Å²) in [6, 6.07) is 2.39. The Balaban J connectivity index is 1.79. The first-order valence-electron chi connectivity index (χ1n) is 5.34. The third kappa shape index (κ3) is 3.18. The highest BCUT2D eigenvalue weighted by Crippen LogP contribution is 2.24. The molecular formula is C11H16ClNOS. The van der Waals surface area contributed by atoms with Gasteiger partial charge in [-0.25, -0.2) is 0 Å². The van der Waals surface area contributed by atoms with Crippen LogP contribution >= 0.6 is 22.9 Å². The van der Waals surface area contributed by atoms with Crippen LogP contribution in [0.4, 0.5) is 0 Å². The summed E-state index contributed by atoms with van der Waals surface area (Å²) in [5.41, 5.74) is 1.27. The van der Waals surface area contributed by atoms with Crippen LogP contribution in [0, 0.1) is 0 Å². The molecule has 1 aromatic heterocycles. The van der Waals surface area contributed by atoms with Gasteiger partial charge in [-0.2, -0.15) is 0 Å². The van der Waals surface area contributed by atoms with E-state index in [-0.39, 0.29) is 0 Å². The second-order valence-electron chi connectivity index (χ2n) is 3.95. The van der Waals surface area contributed by atoms with Gasteiger partial charge in [-0.05, 0) is 36.8 Å². The normalized spacial score (nSPS) is 23.2. The maximum absolute atomic E-state index is 5.90. The predicted octanol–water partition coefficient (Wildman–Crippen LogP) is 3.23. The maximum atomic E-state index is 5.90. The molecule has 0 aliphatic carbocycles. The van der Waals surface area contributed by atoms with Crippen molar-refractivity contribution < 1.29 is 4.74 Å². The molecule has 0 spiro atoms. The lowest BCUT2D eigenvalue weighted by atomic mass is 10.1. The molecule has 0 saturated carbocycles. The largest absolute Gasteiger partial charge is 0.377 e. The zero-order valence-corrected chi connectivity index (χ0v) is 10.4. The number of hydrogen-bond acceptors (Lipinski definition) is 3. The van der Waals surface area contributed by atoms with Crippen molar-refractivity contribution in [2.24, 2.45) is 0 Å². The summed E-state index contributed by atoms with van der Waals surface area (Å²) in [5, 5.41) is 5.58. The van der Waals surface area contributed by atoms with E-state index in [1.807, 2.05) is 6.07 Å². The van der Waals surface area contributed by atoms with E-state index in [1.54, 1.807) is 11.3 Å². The van der Waals surface area contributed by atoms with Crippen molar-refractivity contribution in [1.82, 2.24) is 5.32 Å². The fourth-order valence-corrected chi connectivity index (χ4v) is 2.77. The van der Waals surface area contributed by atoms with Crippen molar-refractivity contribution in [3.63, 3.8) is 0 Å². The molecule has 2 rings (SSSR count). The number of rotatable bonds is 4. The Morgan fingerprint density at radius 2 is 2.60 bits per heavy atom. The molecular weight excluding hydrogens is 230 g/mol. The van der Waals surface area contributed by atoms with Gasteiger partial charge in [0.25, 0.3) is 0 Å². The summed E-state index contributed by atoms with van der Waals surface area (Å²) in [6.07, 6.45) is 2.79. The molecule has 1 aliphatic heterocycles. The molecule has 2 nitrogen and oxygen atoms in total. The Morgan fingerprint density at radius 1 is 1.73 bits per heavy atom. The average Bonchev–Trinajstić information content (AvgIpc) is 2.84. The highest BCUT2D eigenvalue weighted by Gasteiger charge is 2.16. The Hall–Kier alpha value is -0.0900. The van der Waals surface area contributed by atoms with Gasteiger partial charge in [0.15, 0.2) is 0 Å². The molecule has 1 fully saturated rings. The summed E-state index contributed by atoms with van der Waals surface area (Å²) < 4.78 is 6.42. The van der Waals surface area contributed by atoms with E-state index >= 15 is 0 Å². The highest BCUT2D eigenvalue weighted by molar-refractivity contribution is 7.14. The van der Waals surface area contributed by atoms with Crippen LogP contribution < -0.4 is 5.32 Å². The Morgan fingerprint density at radius 3 is 3.20 bits per heavy atom. The van der Waals surface area contributed by atoms with Gasteiger partial charge in [0.05, 0.1) is 10.4 Å². The van der Waals surface area contributed by atoms with Crippen molar-refractivity contribution >= 4 is 22.9 Å². The first-order chi connectivity index (χ1) is 7.25. The molecule has 0 aromatic carbocycles. The number of nitrogens with one attached hydrogen (secondary N) is 1. The molecule has 84 valence electrons. The van der Waals surface area contributed by atoms with E-state index in [4.69, 9.17) is 16.3 Å². The lowest BCUT2D eigenvalue weighted by Crippen LogP contribution is -2.28. The van der Waals surface area contributed by atoms with Gasteiger partial charge < -0.3 is 10.1 Å². The zero-order valence-electron chi connectivity index (χ0n) is 8.83. The van der Waals surface area contributed by atoms with Crippen molar-refractivity contribution in [2.75, 3.05) is 13.2 Å². The second-order valence-corrected chi connectivity index (χ2v) is 5.49. The molecule has 4 heteroatoms. The van der Waals surface area contributed by atoms with E-state index in [0.29, 0.717) is 12.1 Å². The third-order valence-electron chi connectivity index (χ3n) is 2.76. The summed E-state index contributed by atoms with van der Waals surface area (Å²) >= 11 is 7.48. The van der Waals surface area contributed by atoms with Gasteiger partial charge in [0.1, 0.15) is 0 Å². The summed E-state index contributed by atoms with van der Waals surface area (Å²) in [5.74, 6) is 0. The average molecular weight is 246 g/mol. The van der Waals surface area contributed by atoms with Gasteiger partial charge >= 0.3 is 0 Å². The predicted molar refractivity (Wildman–Crippen MR) is 64.7 cm³/mol. The van der Waals surface area contributed by atoms with Gasteiger partial charge in [0.2, 0.25) is 0 Å². The maximum Gasteiger partial charge on any atom is 0.0931 e. The van der Waals surface area contributed by atoms with E-state index in [9.17, 15) is 0 Å². The smallest absolute Gasteiger partial charge is 0.0931 e. The minimum atomic E-state index is 0.359. The quantitative estimate of drug-likeness (QED) is 0.880. The molecule has 0 amide bonds. The summed E-state index contributed by atoms with van der Waals surface area (Å²) in [4.78, 5) is 0. The molecule has 2 heterocycles. The molecule has 0 radical (unpaired) electrons. The number of ether oxygens (including phenoxy) is 1. The van der Waals surface area contributed by atoms with Crippen molar-refractivity contribution in [3.8, 4) is 0 Å². The van der Waals surface area contributed by atoms with E-state index in [2.05, 4.69) is 17.6 Å².